The van der Waals surface area contributed by atoms with Crippen molar-refractivity contribution in [2.24, 2.45) is 0 Å². The molecule has 29 heavy (non-hydrogen) atoms. The zero-order chi connectivity index (χ0) is 21.0. The van der Waals surface area contributed by atoms with Crippen molar-refractivity contribution in [1.29, 1.82) is 0 Å². The van der Waals surface area contributed by atoms with Gasteiger partial charge in [-0.25, -0.2) is 9.59 Å². The molecule has 0 unspecified atom stereocenters. The van der Waals surface area contributed by atoms with Crippen LogP contribution in [0.5, 0.6) is 5.75 Å². The molecule has 0 aliphatic rings. The second kappa shape index (κ2) is 8.65. The van der Waals surface area contributed by atoms with Gasteiger partial charge in [-0.1, -0.05) is 6.07 Å². The second-order valence-corrected chi connectivity index (χ2v) is 6.96. The number of carbonyl (C=O) groups excluding carboxylic acids is 1. The van der Waals surface area contributed by atoms with Crippen molar-refractivity contribution in [2.75, 3.05) is 18.2 Å². The normalized spacial score (nSPS) is 10.6. The molecule has 3 aromatic rings. The van der Waals surface area contributed by atoms with Crippen LogP contribution >= 0.6 is 11.8 Å². The summed E-state index contributed by atoms with van der Waals surface area (Å²) in [5, 5.41) is 14.5. The summed E-state index contributed by atoms with van der Waals surface area (Å²) in [5.41, 5.74) is 1.22. The standard InChI is InChI=1S/C19H17N3O6S/c1-11-3-4-12(18(24)25)9-15(11)20-16(23)10-29-17-19(26)28-21-22(17)13-5-7-14(27-2)8-6-13/h3-9H,10H2,1-2H3,(H2-,20,21,23,24,25,26)/p+1. The SMILES string of the molecule is COc1ccc(-[n+]2[nH]oc(=O)c2SCC(=O)Nc2cc(C(=O)O)ccc2C)cc1. The minimum absolute atomic E-state index is 0.0715. The van der Waals surface area contributed by atoms with Gasteiger partial charge in [0.15, 0.2) is 0 Å². The summed E-state index contributed by atoms with van der Waals surface area (Å²) in [6.45, 7) is 1.76. The molecule has 0 saturated carbocycles. The summed E-state index contributed by atoms with van der Waals surface area (Å²) in [6, 6.07) is 11.4. The van der Waals surface area contributed by atoms with Gasteiger partial charge in [0, 0.05) is 17.8 Å². The number of H-pyrrole nitrogens is 1. The smallest absolute Gasteiger partial charge is 0.442 e. The fourth-order valence-electron chi connectivity index (χ4n) is 2.50. The number of nitrogens with one attached hydrogen (secondary N) is 2. The van der Waals surface area contributed by atoms with E-state index >= 15 is 0 Å². The number of rotatable bonds is 7. The van der Waals surface area contributed by atoms with Gasteiger partial charge in [-0.2, -0.15) is 0 Å². The Morgan fingerprint density at radius 2 is 1.97 bits per heavy atom. The van der Waals surface area contributed by atoms with Crippen molar-refractivity contribution in [3.8, 4) is 11.4 Å². The third kappa shape index (κ3) is 4.66. The van der Waals surface area contributed by atoms with Crippen molar-refractivity contribution in [2.45, 2.75) is 11.9 Å². The maximum absolute atomic E-state index is 12.3. The Bertz CT molecular complexity index is 1100. The molecule has 10 heteroatoms. The van der Waals surface area contributed by atoms with Crippen molar-refractivity contribution in [3.63, 3.8) is 0 Å². The van der Waals surface area contributed by atoms with Crippen LogP contribution < -0.4 is 20.4 Å². The Balaban J connectivity index is 1.73. The molecule has 2 aromatic carbocycles. The molecule has 0 spiro atoms. The van der Waals surface area contributed by atoms with Crippen molar-refractivity contribution in [3.05, 3.63) is 64.0 Å². The molecule has 0 radical (unpaired) electrons. The summed E-state index contributed by atoms with van der Waals surface area (Å²) < 4.78 is 11.4. The monoisotopic (exact) mass is 416 g/mol. The predicted octanol–water partition coefficient (Wildman–Crippen LogP) is 1.99. The lowest BCUT2D eigenvalue weighted by Gasteiger charge is -2.08. The van der Waals surface area contributed by atoms with Crippen LogP contribution in [0.1, 0.15) is 15.9 Å². The van der Waals surface area contributed by atoms with Gasteiger partial charge in [0.25, 0.3) is 0 Å². The van der Waals surface area contributed by atoms with E-state index in [1.54, 1.807) is 44.4 Å². The second-order valence-electron chi connectivity index (χ2n) is 5.99. The Morgan fingerprint density at radius 1 is 1.24 bits per heavy atom. The van der Waals surface area contributed by atoms with E-state index in [0.717, 1.165) is 17.3 Å². The number of carbonyl (C=O) groups is 2. The van der Waals surface area contributed by atoms with Gasteiger partial charge in [-0.15, -0.1) is 0 Å². The molecule has 0 aliphatic heterocycles. The van der Waals surface area contributed by atoms with Crippen LogP contribution in [0.4, 0.5) is 5.69 Å². The highest BCUT2D eigenvalue weighted by molar-refractivity contribution is 7.99. The molecule has 1 amide bonds. The summed E-state index contributed by atoms with van der Waals surface area (Å²) in [7, 11) is 1.55. The summed E-state index contributed by atoms with van der Waals surface area (Å²) in [5.74, 6) is -0.884. The van der Waals surface area contributed by atoms with Crippen LogP contribution in [-0.4, -0.2) is 35.1 Å². The third-order valence-electron chi connectivity index (χ3n) is 4.04. The van der Waals surface area contributed by atoms with E-state index in [9.17, 15) is 14.4 Å². The number of anilines is 1. The summed E-state index contributed by atoms with van der Waals surface area (Å²) in [6.07, 6.45) is 0. The molecule has 3 rings (SSSR count). The molecule has 0 bridgehead atoms. The number of nitrogens with zero attached hydrogens (tertiary/aromatic N) is 1. The van der Waals surface area contributed by atoms with Crippen molar-refractivity contribution < 1.29 is 28.6 Å². The van der Waals surface area contributed by atoms with Crippen LogP contribution in [0.15, 0.2) is 56.8 Å². The lowest BCUT2D eigenvalue weighted by molar-refractivity contribution is -0.704. The Kier molecular flexibility index (Phi) is 6.03. The summed E-state index contributed by atoms with van der Waals surface area (Å²) >= 11 is 0.995. The average Bonchev–Trinajstić information content (AvgIpc) is 3.08. The highest BCUT2D eigenvalue weighted by Gasteiger charge is 2.25. The number of aromatic nitrogens is 2. The first-order chi connectivity index (χ1) is 13.9. The maximum Gasteiger partial charge on any atom is 0.442 e. The number of aromatic carboxylic acids is 1. The number of amides is 1. The zero-order valence-corrected chi connectivity index (χ0v) is 16.4. The van der Waals surface area contributed by atoms with Gasteiger partial charge in [-0.3, -0.25) is 9.32 Å². The van der Waals surface area contributed by atoms with Gasteiger partial charge >= 0.3 is 16.6 Å². The molecule has 1 heterocycles. The van der Waals surface area contributed by atoms with Gasteiger partial charge < -0.3 is 15.2 Å². The summed E-state index contributed by atoms with van der Waals surface area (Å²) in [4.78, 5) is 35.5. The number of aromatic amines is 1. The van der Waals surface area contributed by atoms with Gasteiger partial charge in [0.1, 0.15) is 5.75 Å². The Hall–Kier alpha value is -3.53. The van der Waals surface area contributed by atoms with Crippen LogP contribution in [0, 0.1) is 6.92 Å². The highest BCUT2D eigenvalue weighted by Crippen LogP contribution is 2.19. The molecule has 0 aliphatic carbocycles. The Morgan fingerprint density at radius 3 is 2.62 bits per heavy atom. The fraction of sp³-hybridized carbons (Fsp3) is 0.158. The number of hydrogen-bond donors (Lipinski definition) is 3. The van der Waals surface area contributed by atoms with Crippen LogP contribution in [0.3, 0.4) is 0 Å². The lowest BCUT2D eigenvalue weighted by atomic mass is 10.1. The van der Waals surface area contributed by atoms with Crippen LogP contribution in [-0.2, 0) is 4.79 Å². The molecule has 1 aromatic heterocycles. The van der Waals surface area contributed by atoms with E-state index in [1.165, 1.54) is 16.8 Å². The number of ether oxygens (including phenoxy) is 1. The number of aryl methyl sites for hydroxylation is 1. The first-order valence-electron chi connectivity index (χ1n) is 8.43. The third-order valence-corrected chi connectivity index (χ3v) is 5.07. The van der Waals surface area contributed by atoms with Gasteiger partial charge in [0.2, 0.25) is 11.6 Å². The Labute approximate surface area is 169 Å². The number of benzene rings is 2. The predicted molar refractivity (Wildman–Crippen MR) is 105 cm³/mol. The van der Waals surface area contributed by atoms with Gasteiger partial charge in [-0.05, 0) is 58.5 Å². The van der Waals surface area contributed by atoms with E-state index in [-0.39, 0.29) is 22.2 Å². The number of methoxy groups -OCH3 is 1. The largest absolute Gasteiger partial charge is 0.497 e. The minimum Gasteiger partial charge on any atom is -0.497 e. The fourth-order valence-corrected chi connectivity index (χ4v) is 3.27. The minimum atomic E-state index is -1.08. The maximum atomic E-state index is 12.3. The number of carboxylic acids is 1. The van der Waals surface area contributed by atoms with E-state index in [0.29, 0.717) is 17.1 Å². The highest BCUT2D eigenvalue weighted by atomic mass is 32.2. The lowest BCUT2D eigenvalue weighted by Crippen LogP contribution is -2.36. The topological polar surface area (TPSA) is 126 Å². The quantitative estimate of drug-likeness (QED) is 0.397. The van der Waals surface area contributed by atoms with E-state index in [1.807, 2.05) is 0 Å². The first-order valence-corrected chi connectivity index (χ1v) is 9.42. The first kappa shape index (κ1) is 20.2. The molecular formula is C19H18N3O6S+. The van der Waals surface area contributed by atoms with Crippen LogP contribution in [0.25, 0.3) is 5.69 Å². The zero-order valence-electron chi connectivity index (χ0n) is 15.6. The molecule has 9 nitrogen and oxygen atoms in total. The number of hydrogen-bond acceptors (Lipinski definition) is 6. The van der Waals surface area contributed by atoms with Crippen LogP contribution in [0.2, 0.25) is 0 Å². The number of thioether (sulfide) groups is 1. The van der Waals surface area contributed by atoms with E-state index in [4.69, 9.17) is 14.4 Å². The molecule has 150 valence electrons. The van der Waals surface area contributed by atoms with Crippen molar-refractivity contribution >= 4 is 29.3 Å². The van der Waals surface area contributed by atoms with E-state index < -0.39 is 11.6 Å². The molecule has 0 saturated heterocycles. The molecule has 3 N–H and O–H groups in total. The van der Waals surface area contributed by atoms with E-state index in [2.05, 4.69) is 10.6 Å². The van der Waals surface area contributed by atoms with Crippen molar-refractivity contribution in [1.82, 2.24) is 5.27 Å². The van der Waals surface area contributed by atoms with Gasteiger partial charge in [0.05, 0.1) is 18.4 Å². The molecular weight excluding hydrogens is 398 g/mol. The molecule has 0 atom stereocenters. The number of carboxylic acid groups (broad SMARTS) is 1. The average molecular weight is 416 g/mol. The molecule has 0 fully saturated rings.